The Bertz CT molecular complexity index is 2830. The van der Waals surface area contributed by atoms with Gasteiger partial charge in [0.2, 0.25) is 6.33 Å². The molecule has 8 heteroatoms. The normalized spacial score (nSPS) is 13.3. The maximum absolute atomic E-state index is 6.60. The number of aliphatic imine (C=N–C) groups is 1. The molecular weight excluding hydrogens is 619 g/mol. The zero-order chi connectivity index (χ0) is 33.2. The molecule has 1 aliphatic heterocycles. The zero-order valence-corrected chi connectivity index (χ0v) is 26.9. The van der Waals surface area contributed by atoms with Gasteiger partial charge in [0.25, 0.3) is 0 Å². The molecule has 0 N–H and O–H groups in total. The molecule has 0 fully saturated rings. The van der Waals surface area contributed by atoms with Crippen molar-refractivity contribution in [1.82, 2.24) is 24.1 Å². The van der Waals surface area contributed by atoms with Crippen LogP contribution in [-0.2, 0) is 7.05 Å². The van der Waals surface area contributed by atoms with E-state index in [0.717, 1.165) is 78.2 Å². The number of fused-ring (bicyclic) bond motifs is 9. The van der Waals surface area contributed by atoms with Gasteiger partial charge < -0.3 is 13.9 Å². The predicted molar refractivity (Wildman–Crippen MR) is 195 cm³/mol. The lowest BCUT2D eigenvalue weighted by molar-refractivity contribution is -0.572. The molecule has 5 aromatic heterocycles. The summed E-state index contributed by atoms with van der Waals surface area (Å²) in [4.78, 5) is 19.7. The summed E-state index contributed by atoms with van der Waals surface area (Å²) in [5.41, 5.74) is 9.37. The van der Waals surface area contributed by atoms with Crippen LogP contribution in [0.2, 0.25) is 0 Å². The Morgan fingerprint density at radius 2 is 1.28 bits per heavy atom. The Hall–Kier alpha value is -6.93. The minimum Gasteiger partial charge on any atom is -0.458 e. The third-order valence-corrected chi connectivity index (χ3v) is 9.27. The number of benzene rings is 4. The second kappa shape index (κ2) is 11.1. The molecule has 0 aliphatic carbocycles. The first-order chi connectivity index (χ1) is 24.7. The van der Waals surface area contributed by atoms with Crippen LogP contribution in [0.3, 0.4) is 0 Å². The van der Waals surface area contributed by atoms with Crippen molar-refractivity contribution in [1.29, 1.82) is 0 Å². The molecule has 0 unspecified atom stereocenters. The number of aromatic nitrogens is 6. The van der Waals surface area contributed by atoms with Gasteiger partial charge in [0, 0.05) is 52.1 Å². The van der Waals surface area contributed by atoms with E-state index in [4.69, 9.17) is 24.7 Å². The van der Waals surface area contributed by atoms with Crippen LogP contribution in [0.4, 0.5) is 5.82 Å². The van der Waals surface area contributed by atoms with Crippen LogP contribution in [0.25, 0.3) is 61.0 Å². The van der Waals surface area contributed by atoms with Gasteiger partial charge in [-0.05, 0) is 66.7 Å². The van der Waals surface area contributed by atoms with E-state index < -0.39 is 0 Å². The standard InChI is InChI=1S/C42H27N7O/c1-47-26-48(37-18-5-4-17-36(37)47)27-10-6-11-28(24-27)50-29-19-20-31-30-12-2-3-16-35(30)49(38(31)25-29)42-34-15-9-22-44-40(34)32-13-7-21-43-39(32)33-14-8-23-45-41(33)46-42/h2-25H,1H3/b39-33?,40-32?,42-34?,46-41?,46-42+. The number of ether oxygens (including phenoxy) is 1. The summed E-state index contributed by atoms with van der Waals surface area (Å²) in [7, 11) is 2.01. The first-order valence-electron chi connectivity index (χ1n) is 16.4. The average Bonchev–Trinajstić information content (AvgIpc) is 3.68. The Morgan fingerprint density at radius 3 is 2.16 bits per heavy atom. The second-order valence-corrected chi connectivity index (χ2v) is 12.2. The summed E-state index contributed by atoms with van der Waals surface area (Å²) in [6, 6.07) is 43.0. The van der Waals surface area contributed by atoms with Gasteiger partial charge in [-0.15, -0.1) is 0 Å². The maximum Gasteiger partial charge on any atom is 0.244 e. The van der Waals surface area contributed by atoms with E-state index in [1.165, 1.54) is 0 Å². The van der Waals surface area contributed by atoms with Crippen molar-refractivity contribution in [2.45, 2.75) is 0 Å². The Morgan fingerprint density at radius 1 is 0.580 bits per heavy atom. The lowest BCUT2D eigenvalue weighted by atomic mass is 9.98. The molecular formula is C42H27N7O. The largest absolute Gasteiger partial charge is 0.458 e. The summed E-state index contributed by atoms with van der Waals surface area (Å²) in [6.45, 7) is 0. The molecule has 9 aromatic rings. The molecule has 10 rings (SSSR count). The molecule has 0 saturated carbocycles. The zero-order valence-electron chi connectivity index (χ0n) is 26.9. The number of nitrogens with zero attached hydrogens (tertiary/aromatic N) is 7. The molecule has 0 amide bonds. The maximum atomic E-state index is 6.60. The third-order valence-electron chi connectivity index (χ3n) is 9.27. The highest BCUT2D eigenvalue weighted by Gasteiger charge is 2.25. The van der Waals surface area contributed by atoms with Crippen molar-refractivity contribution in [3.05, 3.63) is 158 Å². The first-order valence-corrected chi connectivity index (χ1v) is 16.4. The molecule has 6 heterocycles. The van der Waals surface area contributed by atoms with Crippen molar-refractivity contribution < 1.29 is 9.30 Å². The Balaban J connectivity index is 1.16. The highest BCUT2D eigenvalue weighted by Crippen LogP contribution is 2.40. The molecule has 0 spiro atoms. The van der Waals surface area contributed by atoms with E-state index in [9.17, 15) is 0 Å². The topological polar surface area (TPSA) is 74.0 Å². The van der Waals surface area contributed by atoms with E-state index >= 15 is 0 Å². The number of pyridine rings is 3. The molecule has 50 heavy (non-hydrogen) atoms. The summed E-state index contributed by atoms with van der Waals surface area (Å²) in [6.07, 6.45) is 8.81. The van der Waals surface area contributed by atoms with E-state index in [1.807, 2.05) is 78.5 Å². The van der Waals surface area contributed by atoms with E-state index in [2.05, 4.69) is 82.2 Å². The van der Waals surface area contributed by atoms with Crippen molar-refractivity contribution >= 4 is 44.5 Å². The fraction of sp³-hybridized carbons (Fsp3) is 0.0238. The molecule has 236 valence electrons. The van der Waals surface area contributed by atoms with Gasteiger partial charge in [0.1, 0.15) is 17.3 Å². The summed E-state index contributed by atoms with van der Waals surface area (Å²) >= 11 is 0. The van der Waals surface area contributed by atoms with Crippen LogP contribution in [-0.4, -0.2) is 29.9 Å². The van der Waals surface area contributed by atoms with Crippen LogP contribution in [0.1, 0.15) is 5.56 Å². The number of imidazole rings is 1. The smallest absolute Gasteiger partial charge is 0.244 e. The number of rotatable bonds is 3. The lowest BCUT2D eigenvalue weighted by Crippen LogP contribution is -2.29. The molecule has 8 nitrogen and oxygen atoms in total. The van der Waals surface area contributed by atoms with Crippen LogP contribution in [0.5, 0.6) is 11.5 Å². The van der Waals surface area contributed by atoms with Gasteiger partial charge in [0.05, 0.1) is 46.2 Å². The van der Waals surface area contributed by atoms with Crippen molar-refractivity contribution in [3.8, 4) is 39.7 Å². The number of aryl methyl sites for hydroxylation is 1. The molecule has 4 aromatic carbocycles. The van der Waals surface area contributed by atoms with Gasteiger partial charge in [-0.1, -0.05) is 54.6 Å². The van der Waals surface area contributed by atoms with E-state index in [1.54, 1.807) is 12.4 Å². The highest BCUT2D eigenvalue weighted by atomic mass is 16.5. The second-order valence-electron chi connectivity index (χ2n) is 12.2. The van der Waals surface area contributed by atoms with Gasteiger partial charge in [-0.3, -0.25) is 14.5 Å². The average molecular weight is 646 g/mol. The summed E-state index contributed by atoms with van der Waals surface area (Å²) in [5.74, 6) is 2.74. The minimum atomic E-state index is 0.592. The van der Waals surface area contributed by atoms with Gasteiger partial charge in [0.15, 0.2) is 5.82 Å². The van der Waals surface area contributed by atoms with E-state index in [0.29, 0.717) is 11.6 Å². The number of para-hydroxylation sites is 3. The Labute approximate surface area is 286 Å². The van der Waals surface area contributed by atoms with Crippen LogP contribution < -0.4 is 9.30 Å². The summed E-state index contributed by atoms with van der Waals surface area (Å²) < 4.78 is 12.9. The third kappa shape index (κ3) is 4.35. The molecule has 0 radical (unpaired) electrons. The first kappa shape index (κ1) is 28.1. The van der Waals surface area contributed by atoms with Crippen molar-refractivity contribution in [3.63, 3.8) is 0 Å². The van der Waals surface area contributed by atoms with Gasteiger partial charge in [-0.2, -0.15) is 0 Å². The molecule has 0 atom stereocenters. The van der Waals surface area contributed by atoms with Crippen LogP contribution in [0.15, 0.2) is 151 Å². The lowest BCUT2D eigenvalue weighted by Gasteiger charge is -2.20. The fourth-order valence-electron chi connectivity index (χ4n) is 7.07. The monoisotopic (exact) mass is 645 g/mol. The van der Waals surface area contributed by atoms with Gasteiger partial charge >= 0.3 is 0 Å². The quantitative estimate of drug-likeness (QED) is 0.142. The SMILES string of the molecule is Cn1[c-][n+](-c2cccc(Oc3ccc4c5ccccc5n(/C5=N/c6ncccc6-c6ncccc6-c6ncccc65)c4c3)c2)c2ccccc21. The van der Waals surface area contributed by atoms with Crippen molar-refractivity contribution in [2.24, 2.45) is 12.0 Å². The minimum absolute atomic E-state index is 0.592. The van der Waals surface area contributed by atoms with Crippen LogP contribution in [0, 0.1) is 6.33 Å². The van der Waals surface area contributed by atoms with Gasteiger partial charge in [-0.25, -0.2) is 9.98 Å². The molecule has 1 aliphatic rings. The number of hydrogen-bond donors (Lipinski definition) is 0. The van der Waals surface area contributed by atoms with Crippen LogP contribution >= 0.6 is 0 Å². The molecule has 0 bridgehead atoms. The van der Waals surface area contributed by atoms with Crippen molar-refractivity contribution in [2.75, 3.05) is 0 Å². The Kier molecular flexibility index (Phi) is 6.22. The molecule has 0 saturated heterocycles. The predicted octanol–water partition coefficient (Wildman–Crippen LogP) is 8.61. The number of hydrogen-bond acceptors (Lipinski definition) is 5. The fourth-order valence-corrected chi connectivity index (χ4v) is 7.07. The summed E-state index contributed by atoms with van der Waals surface area (Å²) in [5, 5.41) is 2.19. The highest BCUT2D eigenvalue weighted by molar-refractivity contribution is 6.20. The van der Waals surface area contributed by atoms with E-state index in [-0.39, 0.29) is 0 Å².